The van der Waals surface area contributed by atoms with Crippen molar-refractivity contribution in [2.24, 2.45) is 4.99 Å². The van der Waals surface area contributed by atoms with Crippen LogP contribution in [0.4, 0.5) is 5.69 Å². The second-order valence-electron chi connectivity index (χ2n) is 4.97. The second kappa shape index (κ2) is 7.03. The first-order valence-corrected chi connectivity index (χ1v) is 7.55. The Balaban J connectivity index is 1.78. The van der Waals surface area contributed by atoms with Gasteiger partial charge in [-0.1, -0.05) is 11.6 Å². The Hall–Kier alpha value is -3.03. The van der Waals surface area contributed by atoms with Crippen LogP contribution >= 0.6 is 11.6 Å². The van der Waals surface area contributed by atoms with Crippen LogP contribution in [0.2, 0.25) is 5.02 Å². The summed E-state index contributed by atoms with van der Waals surface area (Å²) in [5, 5.41) is 9.33. The van der Waals surface area contributed by atoms with Gasteiger partial charge < -0.3 is 9.15 Å². The Morgan fingerprint density at radius 3 is 2.58 bits per heavy atom. The van der Waals surface area contributed by atoms with Crippen LogP contribution in [0.15, 0.2) is 64.0 Å². The van der Waals surface area contributed by atoms with Crippen LogP contribution in [0, 0.1) is 11.3 Å². The van der Waals surface area contributed by atoms with Gasteiger partial charge in [0.1, 0.15) is 17.3 Å². The molecule has 0 radical (unpaired) electrons. The monoisotopic (exact) mass is 336 g/mol. The average molecular weight is 337 g/mol. The molecule has 4 nitrogen and oxygen atoms in total. The number of halogens is 1. The number of hydrogen-bond acceptors (Lipinski definition) is 4. The van der Waals surface area contributed by atoms with Gasteiger partial charge in [-0.15, -0.1) is 0 Å². The minimum Gasteiger partial charge on any atom is -0.495 e. The normalized spacial score (nSPS) is 10.7. The number of furan rings is 1. The van der Waals surface area contributed by atoms with E-state index in [1.165, 1.54) is 0 Å². The highest BCUT2D eigenvalue weighted by atomic mass is 35.5. The fraction of sp³-hybridized carbons (Fsp3) is 0.0526. The van der Waals surface area contributed by atoms with E-state index in [9.17, 15) is 0 Å². The Labute approximate surface area is 144 Å². The summed E-state index contributed by atoms with van der Waals surface area (Å²) in [5.74, 6) is 1.95. The van der Waals surface area contributed by atoms with E-state index in [-0.39, 0.29) is 0 Å². The van der Waals surface area contributed by atoms with Crippen LogP contribution in [-0.2, 0) is 0 Å². The summed E-state index contributed by atoms with van der Waals surface area (Å²) < 4.78 is 10.9. The van der Waals surface area contributed by atoms with E-state index in [1.54, 1.807) is 37.6 Å². The highest BCUT2D eigenvalue weighted by Gasteiger charge is 2.04. The summed E-state index contributed by atoms with van der Waals surface area (Å²) in [6, 6.07) is 18.3. The minimum absolute atomic E-state index is 0.505. The summed E-state index contributed by atoms with van der Waals surface area (Å²) in [6.45, 7) is 0. The van der Waals surface area contributed by atoms with Crippen molar-refractivity contribution in [2.75, 3.05) is 7.11 Å². The molecule has 5 heteroatoms. The van der Waals surface area contributed by atoms with Crippen molar-refractivity contribution < 1.29 is 9.15 Å². The van der Waals surface area contributed by atoms with Crippen molar-refractivity contribution in [1.29, 1.82) is 5.26 Å². The predicted octanol–water partition coefficient (Wildman–Crippen LogP) is 5.23. The van der Waals surface area contributed by atoms with Gasteiger partial charge in [-0.3, -0.25) is 4.99 Å². The number of nitriles is 1. The molecule has 1 heterocycles. The Morgan fingerprint density at radius 1 is 1.12 bits per heavy atom. The number of ether oxygens (including phenoxy) is 1. The van der Waals surface area contributed by atoms with Crippen molar-refractivity contribution >= 4 is 23.5 Å². The quantitative estimate of drug-likeness (QED) is 0.613. The molecule has 0 fully saturated rings. The molecule has 2 aromatic carbocycles. The van der Waals surface area contributed by atoms with Crippen LogP contribution in [0.25, 0.3) is 11.3 Å². The van der Waals surface area contributed by atoms with Gasteiger partial charge in [0.05, 0.1) is 35.7 Å². The van der Waals surface area contributed by atoms with E-state index >= 15 is 0 Å². The van der Waals surface area contributed by atoms with Crippen LogP contribution in [0.3, 0.4) is 0 Å². The second-order valence-corrected chi connectivity index (χ2v) is 5.38. The molecule has 0 amide bonds. The van der Waals surface area contributed by atoms with Crippen molar-refractivity contribution in [2.45, 2.75) is 0 Å². The van der Waals surface area contributed by atoms with E-state index in [4.69, 9.17) is 26.0 Å². The maximum atomic E-state index is 8.83. The Bertz CT molecular complexity index is 921. The van der Waals surface area contributed by atoms with Gasteiger partial charge in [-0.25, -0.2) is 0 Å². The van der Waals surface area contributed by atoms with Gasteiger partial charge >= 0.3 is 0 Å². The minimum atomic E-state index is 0.505. The van der Waals surface area contributed by atoms with Gasteiger partial charge in [-0.2, -0.15) is 5.26 Å². The lowest BCUT2D eigenvalue weighted by Gasteiger charge is -2.02. The summed E-state index contributed by atoms with van der Waals surface area (Å²) in [4.78, 5) is 4.35. The largest absolute Gasteiger partial charge is 0.495 e. The number of rotatable bonds is 4. The molecule has 0 unspecified atom stereocenters. The highest BCUT2D eigenvalue weighted by molar-refractivity contribution is 6.32. The van der Waals surface area contributed by atoms with Gasteiger partial charge in [0.2, 0.25) is 0 Å². The third kappa shape index (κ3) is 3.48. The zero-order valence-corrected chi connectivity index (χ0v) is 13.6. The molecule has 3 rings (SSSR count). The van der Waals surface area contributed by atoms with Crippen LogP contribution < -0.4 is 4.74 Å². The van der Waals surface area contributed by atoms with Crippen molar-refractivity contribution in [3.05, 3.63) is 70.9 Å². The molecule has 0 aliphatic heterocycles. The number of aliphatic imine (C=N–C) groups is 1. The van der Waals surface area contributed by atoms with Gasteiger partial charge in [-0.05, 0) is 54.6 Å². The zero-order valence-electron chi connectivity index (χ0n) is 12.9. The molecule has 0 bridgehead atoms. The van der Waals surface area contributed by atoms with Crippen LogP contribution in [0.1, 0.15) is 11.3 Å². The lowest BCUT2D eigenvalue weighted by atomic mass is 10.1. The molecular formula is C19H13ClN2O2. The average Bonchev–Trinajstić information content (AvgIpc) is 3.09. The van der Waals surface area contributed by atoms with E-state index in [1.807, 2.05) is 30.3 Å². The molecule has 0 spiro atoms. The van der Waals surface area contributed by atoms with E-state index in [0.717, 1.165) is 5.56 Å². The summed E-state index contributed by atoms with van der Waals surface area (Å²) >= 11 is 6.07. The topological polar surface area (TPSA) is 58.5 Å². The molecule has 0 saturated carbocycles. The maximum Gasteiger partial charge on any atom is 0.145 e. The summed E-state index contributed by atoms with van der Waals surface area (Å²) in [5.41, 5.74) is 2.22. The first-order chi connectivity index (χ1) is 11.7. The first kappa shape index (κ1) is 15.9. The molecule has 3 aromatic rings. The smallest absolute Gasteiger partial charge is 0.145 e. The van der Waals surface area contributed by atoms with Crippen molar-refractivity contribution in [3.63, 3.8) is 0 Å². The molecule has 1 aromatic heterocycles. The Kier molecular flexibility index (Phi) is 4.64. The molecule has 0 N–H and O–H groups in total. The van der Waals surface area contributed by atoms with Crippen LogP contribution in [-0.4, -0.2) is 13.3 Å². The molecule has 0 atom stereocenters. The number of hydrogen-bond donors (Lipinski definition) is 0. The van der Waals surface area contributed by atoms with Crippen molar-refractivity contribution in [3.8, 4) is 23.1 Å². The van der Waals surface area contributed by atoms with Gasteiger partial charge in [0.15, 0.2) is 0 Å². The van der Waals surface area contributed by atoms with E-state index < -0.39 is 0 Å². The summed E-state index contributed by atoms with van der Waals surface area (Å²) in [6.07, 6.45) is 1.63. The number of methoxy groups -OCH3 is 1. The molecular weight excluding hydrogens is 324 g/mol. The van der Waals surface area contributed by atoms with Gasteiger partial charge in [0, 0.05) is 5.56 Å². The molecule has 24 heavy (non-hydrogen) atoms. The van der Waals surface area contributed by atoms with Crippen molar-refractivity contribution in [1.82, 2.24) is 0 Å². The molecule has 0 aliphatic rings. The van der Waals surface area contributed by atoms with E-state index in [2.05, 4.69) is 11.1 Å². The van der Waals surface area contributed by atoms with Gasteiger partial charge in [0.25, 0.3) is 0 Å². The molecule has 0 aliphatic carbocycles. The number of nitrogens with zero attached hydrogens (tertiary/aromatic N) is 2. The maximum absolute atomic E-state index is 8.83. The lowest BCUT2D eigenvalue weighted by molar-refractivity contribution is 0.415. The summed E-state index contributed by atoms with van der Waals surface area (Å²) in [7, 11) is 1.57. The highest BCUT2D eigenvalue weighted by Crippen LogP contribution is 2.28. The Morgan fingerprint density at radius 2 is 1.92 bits per heavy atom. The number of benzene rings is 2. The lowest BCUT2D eigenvalue weighted by Crippen LogP contribution is -1.83. The molecule has 118 valence electrons. The first-order valence-electron chi connectivity index (χ1n) is 7.17. The third-order valence-electron chi connectivity index (χ3n) is 3.40. The SMILES string of the molecule is COc1ccc(N=Cc2ccc(-c3ccc(C#N)cc3)o2)cc1Cl. The fourth-order valence-electron chi connectivity index (χ4n) is 2.16. The standard InChI is InChI=1S/C19H13ClN2O2/c1-23-19-8-6-15(10-17(19)20)22-12-16-7-9-18(24-16)14-4-2-13(11-21)3-5-14/h2-10,12H,1H3. The predicted molar refractivity (Wildman–Crippen MR) is 94.1 cm³/mol. The van der Waals surface area contributed by atoms with Crippen LogP contribution in [0.5, 0.6) is 5.75 Å². The fourth-order valence-corrected chi connectivity index (χ4v) is 2.41. The zero-order chi connectivity index (χ0) is 16.9. The molecule has 0 saturated heterocycles. The third-order valence-corrected chi connectivity index (χ3v) is 3.70. The van der Waals surface area contributed by atoms with E-state index in [0.29, 0.717) is 33.5 Å².